The molecule has 2 heteroatoms. The van der Waals surface area contributed by atoms with Crippen molar-refractivity contribution in [3.05, 3.63) is 0 Å². The van der Waals surface area contributed by atoms with E-state index in [1.54, 1.807) is 0 Å². The minimum absolute atomic E-state index is 0. The lowest BCUT2D eigenvalue weighted by molar-refractivity contribution is 0.352. The zero-order valence-corrected chi connectivity index (χ0v) is 7.28. The molecule has 0 unspecified atom stereocenters. The van der Waals surface area contributed by atoms with Crippen LogP contribution in [-0.2, 0) is 0 Å². The van der Waals surface area contributed by atoms with Crippen molar-refractivity contribution in [2.45, 2.75) is 45.2 Å². The first-order valence-electron chi connectivity index (χ1n) is 3.55. The molecule has 0 aromatic heterocycles. The highest BCUT2D eigenvalue weighted by molar-refractivity contribution is 7.59. The summed E-state index contributed by atoms with van der Waals surface area (Å²) in [5.41, 5.74) is 0. The molecule has 0 saturated carbocycles. The van der Waals surface area contributed by atoms with Crippen LogP contribution in [0.4, 0.5) is 0 Å². The predicted molar refractivity (Wildman–Crippen MR) is 46.3 cm³/mol. The van der Waals surface area contributed by atoms with Gasteiger partial charge in [-0.25, -0.2) is 0 Å². The van der Waals surface area contributed by atoms with Gasteiger partial charge in [-0.3, -0.25) is 0 Å². The van der Waals surface area contributed by atoms with Crippen LogP contribution in [0.5, 0.6) is 0 Å². The Morgan fingerprint density at radius 3 is 1.78 bits per heavy atom. The smallest absolute Gasteiger partial charge is 0.00412 e. The molecule has 1 nitrogen and oxygen atoms in total. The van der Waals surface area contributed by atoms with Gasteiger partial charge in [0, 0.05) is 12.1 Å². The minimum atomic E-state index is 0. The van der Waals surface area contributed by atoms with Gasteiger partial charge in [0.15, 0.2) is 0 Å². The van der Waals surface area contributed by atoms with Crippen molar-refractivity contribution in [3.63, 3.8) is 0 Å². The molecule has 0 aromatic rings. The maximum absolute atomic E-state index is 3.48. The molecule has 0 aliphatic carbocycles. The van der Waals surface area contributed by atoms with Crippen LogP contribution in [0, 0.1) is 0 Å². The van der Waals surface area contributed by atoms with E-state index in [2.05, 4.69) is 19.2 Å². The topological polar surface area (TPSA) is 12.0 Å². The van der Waals surface area contributed by atoms with Gasteiger partial charge < -0.3 is 5.32 Å². The molecule has 1 aliphatic heterocycles. The third-order valence-corrected chi connectivity index (χ3v) is 1.84. The van der Waals surface area contributed by atoms with E-state index in [-0.39, 0.29) is 13.5 Å². The molecule has 2 atom stereocenters. The summed E-state index contributed by atoms with van der Waals surface area (Å²) in [6.45, 7) is 4.52. The molecule has 1 heterocycles. The number of piperidine rings is 1. The van der Waals surface area contributed by atoms with Gasteiger partial charge in [-0.05, 0) is 26.7 Å². The summed E-state index contributed by atoms with van der Waals surface area (Å²) in [5, 5.41) is 3.48. The number of hydrogen-bond donors (Lipinski definition) is 1. The van der Waals surface area contributed by atoms with Crippen LogP contribution < -0.4 is 5.32 Å². The molecular weight excluding hydrogens is 130 g/mol. The zero-order valence-electron chi connectivity index (χ0n) is 6.28. The quantitative estimate of drug-likeness (QED) is 0.549. The van der Waals surface area contributed by atoms with Gasteiger partial charge in [-0.15, -0.1) is 0 Å². The standard InChI is InChI=1S/C7H15N.H2S/c1-6-4-3-5-7(2)8-6;/h6-8H,3-5H2,1-2H3;1H2/t6-,7+;. The molecular formula is C7H17NS. The van der Waals surface area contributed by atoms with E-state index in [1.807, 2.05) is 0 Å². The monoisotopic (exact) mass is 147 g/mol. The Bertz CT molecular complexity index is 67.3. The van der Waals surface area contributed by atoms with Crippen molar-refractivity contribution in [2.24, 2.45) is 0 Å². The summed E-state index contributed by atoms with van der Waals surface area (Å²) < 4.78 is 0. The summed E-state index contributed by atoms with van der Waals surface area (Å²) in [5.74, 6) is 0. The molecule has 9 heavy (non-hydrogen) atoms. The van der Waals surface area contributed by atoms with Gasteiger partial charge in [-0.1, -0.05) is 6.42 Å². The predicted octanol–water partition coefficient (Wildman–Crippen LogP) is 1.65. The van der Waals surface area contributed by atoms with Gasteiger partial charge in [0.25, 0.3) is 0 Å². The molecule has 0 aromatic carbocycles. The van der Waals surface area contributed by atoms with Gasteiger partial charge >= 0.3 is 0 Å². The van der Waals surface area contributed by atoms with E-state index < -0.39 is 0 Å². The number of rotatable bonds is 0. The van der Waals surface area contributed by atoms with Crippen molar-refractivity contribution < 1.29 is 0 Å². The largest absolute Gasteiger partial charge is 0.312 e. The normalized spacial score (nSPS) is 35.3. The van der Waals surface area contributed by atoms with Crippen LogP contribution in [-0.4, -0.2) is 12.1 Å². The Labute approximate surface area is 64.7 Å². The average molecular weight is 147 g/mol. The molecule has 0 bridgehead atoms. The van der Waals surface area contributed by atoms with Crippen molar-refractivity contribution in [3.8, 4) is 0 Å². The Balaban J connectivity index is 0.000000640. The fourth-order valence-electron chi connectivity index (χ4n) is 1.38. The molecule has 1 saturated heterocycles. The minimum Gasteiger partial charge on any atom is -0.312 e. The van der Waals surface area contributed by atoms with E-state index in [1.165, 1.54) is 19.3 Å². The first-order valence-corrected chi connectivity index (χ1v) is 3.55. The first-order chi connectivity index (χ1) is 3.79. The third kappa shape index (κ3) is 3.11. The third-order valence-electron chi connectivity index (χ3n) is 1.84. The maximum Gasteiger partial charge on any atom is 0.00412 e. The van der Waals surface area contributed by atoms with Gasteiger partial charge in [0.05, 0.1) is 0 Å². The number of nitrogens with one attached hydrogen (secondary N) is 1. The summed E-state index contributed by atoms with van der Waals surface area (Å²) in [7, 11) is 0. The Hall–Kier alpha value is 0.310. The van der Waals surface area contributed by atoms with E-state index in [9.17, 15) is 0 Å². The molecule has 56 valence electrons. The molecule has 1 N–H and O–H groups in total. The molecule has 1 fully saturated rings. The molecule has 1 rings (SSSR count). The van der Waals surface area contributed by atoms with Crippen molar-refractivity contribution >= 4 is 13.5 Å². The Kier molecular flexibility index (Phi) is 4.32. The highest BCUT2D eigenvalue weighted by Gasteiger charge is 2.11. The van der Waals surface area contributed by atoms with Crippen molar-refractivity contribution in [1.82, 2.24) is 5.32 Å². The fourth-order valence-corrected chi connectivity index (χ4v) is 1.38. The lowest BCUT2D eigenvalue weighted by atomic mass is 10.0. The van der Waals surface area contributed by atoms with E-state index in [0.717, 1.165) is 12.1 Å². The number of hydrogen-bond acceptors (Lipinski definition) is 1. The maximum atomic E-state index is 3.48. The molecule has 0 spiro atoms. The second-order valence-corrected chi connectivity index (χ2v) is 2.90. The van der Waals surface area contributed by atoms with Crippen LogP contribution in [0.25, 0.3) is 0 Å². The first kappa shape index (κ1) is 9.31. The zero-order chi connectivity index (χ0) is 5.98. The Morgan fingerprint density at radius 2 is 1.56 bits per heavy atom. The lowest BCUT2D eigenvalue weighted by Crippen LogP contribution is -2.38. The lowest BCUT2D eigenvalue weighted by Gasteiger charge is -2.25. The van der Waals surface area contributed by atoms with Crippen LogP contribution in [0.15, 0.2) is 0 Å². The van der Waals surface area contributed by atoms with E-state index in [4.69, 9.17) is 0 Å². The van der Waals surface area contributed by atoms with E-state index in [0.29, 0.717) is 0 Å². The van der Waals surface area contributed by atoms with Crippen molar-refractivity contribution in [1.29, 1.82) is 0 Å². The summed E-state index contributed by atoms with van der Waals surface area (Å²) >= 11 is 0. The van der Waals surface area contributed by atoms with Gasteiger partial charge in [0.2, 0.25) is 0 Å². The molecule has 0 radical (unpaired) electrons. The molecule has 1 aliphatic rings. The Morgan fingerprint density at radius 1 is 1.11 bits per heavy atom. The summed E-state index contributed by atoms with van der Waals surface area (Å²) in [6, 6.07) is 1.53. The highest BCUT2D eigenvalue weighted by Crippen LogP contribution is 2.10. The van der Waals surface area contributed by atoms with Crippen LogP contribution >= 0.6 is 13.5 Å². The summed E-state index contributed by atoms with van der Waals surface area (Å²) in [6.07, 6.45) is 4.14. The van der Waals surface area contributed by atoms with Crippen LogP contribution in [0.1, 0.15) is 33.1 Å². The fraction of sp³-hybridized carbons (Fsp3) is 1.00. The molecule has 0 amide bonds. The van der Waals surface area contributed by atoms with Crippen molar-refractivity contribution in [2.75, 3.05) is 0 Å². The van der Waals surface area contributed by atoms with E-state index >= 15 is 0 Å². The second-order valence-electron chi connectivity index (χ2n) is 2.90. The van der Waals surface area contributed by atoms with Crippen LogP contribution in [0.2, 0.25) is 0 Å². The SMILES string of the molecule is C[C@@H]1CCC[C@H](C)N1.S. The van der Waals surface area contributed by atoms with Crippen LogP contribution in [0.3, 0.4) is 0 Å². The average Bonchev–Trinajstić information content (AvgIpc) is 1.64. The summed E-state index contributed by atoms with van der Waals surface area (Å²) in [4.78, 5) is 0. The second kappa shape index (κ2) is 4.18. The highest BCUT2D eigenvalue weighted by atomic mass is 32.1. The van der Waals surface area contributed by atoms with Gasteiger partial charge in [0.1, 0.15) is 0 Å². The van der Waals surface area contributed by atoms with Gasteiger partial charge in [-0.2, -0.15) is 13.5 Å².